The predicted molar refractivity (Wildman–Crippen MR) is 136 cm³/mol. The number of halogens is 2. The number of benzene rings is 2. The topological polar surface area (TPSA) is 88.1 Å². The van der Waals surface area contributed by atoms with Crippen molar-refractivity contribution in [2.24, 2.45) is 0 Å². The minimum atomic E-state index is -3.12. The number of rotatable bonds is 12. The Bertz CT molecular complexity index is 1090. The Balaban J connectivity index is 1.84. The van der Waals surface area contributed by atoms with Gasteiger partial charge in [-0.25, -0.2) is 18.4 Å². The highest BCUT2D eigenvalue weighted by Gasteiger charge is 2.62. The molecule has 2 aromatic carbocycles. The molecule has 1 saturated carbocycles. The monoisotopic (exact) mass is 518 g/mol. The zero-order valence-electron chi connectivity index (χ0n) is 21.9. The van der Waals surface area contributed by atoms with E-state index in [0.29, 0.717) is 31.1 Å². The largest absolute Gasteiger partial charge is 0.496 e. The number of methoxy groups -OCH3 is 1. The van der Waals surface area contributed by atoms with E-state index >= 15 is 0 Å². The second kappa shape index (κ2) is 11.8. The molecule has 2 amide bonds. The number of alkyl halides is 2. The number of aliphatic carboxylic acids is 1. The SMILES string of the molecule is CCOc1cc(C(C)N(CCCCc2ccccc2)C(=O)NC2(C(=O)O)CC(F)(F)C2)cc(OC)c1C. The summed E-state index contributed by atoms with van der Waals surface area (Å²) in [6.07, 6.45) is 0.408. The molecule has 1 atom stereocenters. The molecule has 202 valence electrons. The van der Waals surface area contributed by atoms with Crippen LogP contribution in [0.2, 0.25) is 0 Å². The van der Waals surface area contributed by atoms with Crippen molar-refractivity contribution < 1.29 is 33.0 Å². The molecule has 2 aromatic rings. The van der Waals surface area contributed by atoms with Crippen molar-refractivity contribution in [3.63, 3.8) is 0 Å². The zero-order valence-corrected chi connectivity index (χ0v) is 21.9. The summed E-state index contributed by atoms with van der Waals surface area (Å²) >= 11 is 0. The van der Waals surface area contributed by atoms with E-state index in [4.69, 9.17) is 9.47 Å². The van der Waals surface area contributed by atoms with Crippen molar-refractivity contribution in [3.05, 3.63) is 59.2 Å². The molecule has 0 radical (unpaired) electrons. The maximum atomic E-state index is 13.7. The number of urea groups is 1. The van der Waals surface area contributed by atoms with Gasteiger partial charge in [-0.2, -0.15) is 0 Å². The molecule has 0 spiro atoms. The number of nitrogens with zero attached hydrogens (tertiary/aromatic N) is 1. The maximum absolute atomic E-state index is 13.7. The summed E-state index contributed by atoms with van der Waals surface area (Å²) in [5, 5.41) is 12.1. The molecule has 1 fully saturated rings. The van der Waals surface area contributed by atoms with E-state index in [2.05, 4.69) is 5.32 Å². The highest BCUT2D eigenvalue weighted by Crippen LogP contribution is 2.46. The van der Waals surface area contributed by atoms with E-state index in [0.717, 1.165) is 24.0 Å². The fraction of sp³-hybridized carbons (Fsp3) is 0.500. The van der Waals surface area contributed by atoms with Gasteiger partial charge >= 0.3 is 12.0 Å². The fourth-order valence-electron chi connectivity index (χ4n) is 4.75. The molecule has 0 bridgehead atoms. The lowest BCUT2D eigenvalue weighted by Gasteiger charge is -2.45. The third-order valence-corrected chi connectivity index (χ3v) is 6.90. The van der Waals surface area contributed by atoms with Crippen molar-refractivity contribution in [2.45, 2.75) is 70.4 Å². The number of aryl methyl sites for hydroxylation is 1. The highest BCUT2D eigenvalue weighted by molar-refractivity contribution is 5.88. The zero-order chi connectivity index (χ0) is 27.2. The van der Waals surface area contributed by atoms with Crippen LogP contribution in [-0.2, 0) is 11.2 Å². The van der Waals surface area contributed by atoms with Crippen LogP contribution in [0.25, 0.3) is 0 Å². The van der Waals surface area contributed by atoms with Crippen molar-refractivity contribution in [1.82, 2.24) is 10.2 Å². The van der Waals surface area contributed by atoms with E-state index in [-0.39, 0.29) is 0 Å². The van der Waals surface area contributed by atoms with Crippen LogP contribution in [0.1, 0.15) is 62.3 Å². The van der Waals surface area contributed by atoms with Crippen LogP contribution in [0.5, 0.6) is 11.5 Å². The van der Waals surface area contributed by atoms with Gasteiger partial charge in [0, 0.05) is 24.9 Å². The van der Waals surface area contributed by atoms with Gasteiger partial charge in [-0.3, -0.25) is 0 Å². The van der Waals surface area contributed by atoms with Gasteiger partial charge in [-0.05, 0) is 63.3 Å². The maximum Gasteiger partial charge on any atom is 0.329 e. The standard InChI is InChI=1S/C28H36F2N2O5/c1-5-37-24-16-22(15-23(36-4)19(24)2)20(3)32(14-10-9-13-21-11-7-6-8-12-21)26(35)31-27(25(33)34)17-28(29,30)18-27/h6-8,11-12,15-16,20H,5,9-10,13-14,17-18H2,1-4H3,(H,31,35)(H,33,34). The van der Waals surface area contributed by atoms with Crippen LogP contribution in [-0.4, -0.2) is 53.7 Å². The van der Waals surface area contributed by atoms with Crippen molar-refractivity contribution in [2.75, 3.05) is 20.3 Å². The smallest absolute Gasteiger partial charge is 0.329 e. The summed E-state index contributed by atoms with van der Waals surface area (Å²) in [4.78, 5) is 26.8. The summed E-state index contributed by atoms with van der Waals surface area (Å²) in [6.45, 7) is 6.32. The van der Waals surface area contributed by atoms with Gasteiger partial charge in [0.05, 0.1) is 19.8 Å². The Morgan fingerprint density at radius 2 is 1.78 bits per heavy atom. The Morgan fingerprint density at radius 3 is 2.35 bits per heavy atom. The number of hydrogen-bond donors (Lipinski definition) is 2. The molecule has 1 aliphatic carbocycles. The van der Waals surface area contributed by atoms with E-state index in [1.165, 1.54) is 10.5 Å². The van der Waals surface area contributed by atoms with Crippen LogP contribution in [0.15, 0.2) is 42.5 Å². The number of hydrogen-bond acceptors (Lipinski definition) is 4. The number of ether oxygens (including phenoxy) is 2. The van der Waals surface area contributed by atoms with E-state index < -0.39 is 42.3 Å². The summed E-state index contributed by atoms with van der Waals surface area (Å²) < 4.78 is 38.6. The lowest BCUT2D eigenvalue weighted by atomic mass is 9.73. The Morgan fingerprint density at radius 1 is 1.14 bits per heavy atom. The summed E-state index contributed by atoms with van der Waals surface area (Å²) in [7, 11) is 1.55. The number of carbonyl (C=O) groups excluding carboxylic acids is 1. The number of carbonyl (C=O) groups is 2. The van der Waals surface area contributed by atoms with Gasteiger partial charge in [0.1, 0.15) is 11.5 Å². The molecule has 0 aliphatic heterocycles. The molecular formula is C28H36F2N2O5. The van der Waals surface area contributed by atoms with Gasteiger partial charge in [0.15, 0.2) is 5.54 Å². The molecule has 9 heteroatoms. The summed E-state index contributed by atoms with van der Waals surface area (Å²) in [6, 6.07) is 12.4. The minimum absolute atomic E-state index is 0.312. The number of unbranched alkanes of at least 4 members (excludes halogenated alkanes) is 1. The highest BCUT2D eigenvalue weighted by atomic mass is 19.3. The lowest BCUT2D eigenvalue weighted by Crippen LogP contribution is -2.68. The lowest BCUT2D eigenvalue weighted by molar-refractivity contribution is -0.175. The summed E-state index contributed by atoms with van der Waals surface area (Å²) in [5.41, 5.74) is 0.746. The minimum Gasteiger partial charge on any atom is -0.496 e. The molecular weight excluding hydrogens is 482 g/mol. The molecule has 1 unspecified atom stereocenters. The molecule has 0 heterocycles. The third-order valence-electron chi connectivity index (χ3n) is 6.90. The Labute approximate surface area is 216 Å². The van der Waals surface area contributed by atoms with Crippen LogP contribution < -0.4 is 14.8 Å². The molecule has 0 saturated heterocycles. The van der Waals surface area contributed by atoms with Gasteiger partial charge in [-0.15, -0.1) is 0 Å². The first-order valence-electron chi connectivity index (χ1n) is 12.6. The molecule has 7 nitrogen and oxygen atoms in total. The van der Waals surface area contributed by atoms with Crippen molar-refractivity contribution >= 4 is 12.0 Å². The van der Waals surface area contributed by atoms with Crippen molar-refractivity contribution in [3.8, 4) is 11.5 Å². The normalized spacial score (nSPS) is 16.3. The first-order chi connectivity index (χ1) is 17.5. The number of nitrogens with one attached hydrogen (secondary N) is 1. The average Bonchev–Trinajstić information content (AvgIpc) is 2.84. The second-order valence-corrected chi connectivity index (χ2v) is 9.62. The molecule has 2 N–H and O–H groups in total. The van der Waals surface area contributed by atoms with Crippen LogP contribution in [0.3, 0.4) is 0 Å². The van der Waals surface area contributed by atoms with E-state index in [1.807, 2.05) is 63.2 Å². The first kappa shape index (κ1) is 28.2. The average molecular weight is 519 g/mol. The van der Waals surface area contributed by atoms with Gasteiger partial charge in [-0.1, -0.05) is 30.3 Å². The first-order valence-corrected chi connectivity index (χ1v) is 12.6. The molecule has 37 heavy (non-hydrogen) atoms. The number of carboxylic acid groups (broad SMARTS) is 1. The fourth-order valence-corrected chi connectivity index (χ4v) is 4.75. The molecule has 3 rings (SSSR count). The third kappa shape index (κ3) is 6.70. The predicted octanol–water partition coefficient (Wildman–Crippen LogP) is 5.75. The Kier molecular flexibility index (Phi) is 8.99. The van der Waals surface area contributed by atoms with Crippen LogP contribution >= 0.6 is 0 Å². The van der Waals surface area contributed by atoms with Crippen molar-refractivity contribution in [1.29, 1.82) is 0 Å². The molecule has 0 aromatic heterocycles. The van der Waals surface area contributed by atoms with Gasteiger partial charge in [0.2, 0.25) is 0 Å². The number of amides is 2. The number of carboxylic acids is 1. The van der Waals surface area contributed by atoms with E-state index in [9.17, 15) is 23.5 Å². The van der Waals surface area contributed by atoms with Gasteiger partial charge in [0.25, 0.3) is 5.92 Å². The quantitative estimate of drug-likeness (QED) is 0.349. The van der Waals surface area contributed by atoms with Gasteiger partial charge < -0.3 is 24.8 Å². The summed E-state index contributed by atoms with van der Waals surface area (Å²) in [5.74, 6) is -3.36. The Hall–Kier alpha value is -3.36. The molecule has 1 aliphatic rings. The van der Waals surface area contributed by atoms with E-state index in [1.54, 1.807) is 7.11 Å². The van der Waals surface area contributed by atoms with Crippen LogP contribution in [0.4, 0.5) is 13.6 Å². The van der Waals surface area contributed by atoms with Crippen LogP contribution in [0, 0.1) is 6.92 Å². The second-order valence-electron chi connectivity index (χ2n) is 9.62.